The van der Waals surface area contributed by atoms with Gasteiger partial charge in [-0.3, -0.25) is 0 Å². The van der Waals surface area contributed by atoms with Crippen molar-refractivity contribution in [2.24, 2.45) is 0 Å². The van der Waals surface area contributed by atoms with Gasteiger partial charge in [-0.15, -0.1) is 0 Å². The summed E-state index contributed by atoms with van der Waals surface area (Å²) >= 11 is 0. The van der Waals surface area contributed by atoms with Crippen LogP contribution in [0.2, 0.25) is 0 Å². The van der Waals surface area contributed by atoms with Crippen molar-refractivity contribution in [2.45, 2.75) is 18.9 Å². The average Bonchev–Trinajstić information content (AvgIpc) is 3.06. The van der Waals surface area contributed by atoms with Crippen molar-refractivity contribution in [1.29, 1.82) is 0 Å². The molecular weight excluding hydrogens is 316 g/mol. The van der Waals surface area contributed by atoms with Crippen LogP contribution in [0.4, 0.5) is 25.2 Å². The standard InChI is InChI=1S/C16H17F2N5O/c17-12-5-1-6-13(18)14(12)22-16(24)21-10-11-4-2-9-23(11)15-19-7-3-8-20-15/h1,3,5-8,11H,2,4,9-10H2,(H2,21,22,24)/t11-/m1/s1. The van der Waals surface area contributed by atoms with Crippen molar-refractivity contribution < 1.29 is 13.6 Å². The summed E-state index contributed by atoms with van der Waals surface area (Å²) in [7, 11) is 0. The van der Waals surface area contributed by atoms with Crippen molar-refractivity contribution in [1.82, 2.24) is 15.3 Å². The molecule has 1 atom stereocenters. The van der Waals surface area contributed by atoms with E-state index in [-0.39, 0.29) is 6.04 Å². The minimum Gasteiger partial charge on any atom is -0.336 e. The van der Waals surface area contributed by atoms with Crippen LogP contribution < -0.4 is 15.5 Å². The molecule has 1 aromatic carbocycles. The average molecular weight is 333 g/mol. The third-order valence-electron chi connectivity index (χ3n) is 3.89. The molecule has 2 amide bonds. The molecule has 1 aliphatic rings. The zero-order valence-corrected chi connectivity index (χ0v) is 12.9. The van der Waals surface area contributed by atoms with E-state index in [1.54, 1.807) is 18.5 Å². The highest BCUT2D eigenvalue weighted by molar-refractivity contribution is 5.89. The first-order valence-corrected chi connectivity index (χ1v) is 7.67. The van der Waals surface area contributed by atoms with Gasteiger partial charge >= 0.3 is 6.03 Å². The van der Waals surface area contributed by atoms with Crippen molar-refractivity contribution in [2.75, 3.05) is 23.3 Å². The Morgan fingerprint density at radius 2 is 1.92 bits per heavy atom. The number of hydrogen-bond acceptors (Lipinski definition) is 4. The van der Waals surface area contributed by atoms with Crippen LogP contribution >= 0.6 is 0 Å². The summed E-state index contributed by atoms with van der Waals surface area (Å²) in [5.41, 5.74) is -0.454. The van der Waals surface area contributed by atoms with Crippen molar-refractivity contribution in [3.05, 3.63) is 48.3 Å². The normalized spacial score (nSPS) is 16.9. The second kappa shape index (κ2) is 7.20. The maximum Gasteiger partial charge on any atom is 0.319 e. The van der Waals surface area contributed by atoms with Gasteiger partial charge in [-0.2, -0.15) is 0 Å². The topological polar surface area (TPSA) is 70.2 Å². The molecule has 2 heterocycles. The molecule has 0 bridgehead atoms. The molecule has 1 aliphatic heterocycles. The molecule has 1 saturated heterocycles. The number of amides is 2. The highest BCUT2D eigenvalue weighted by Crippen LogP contribution is 2.21. The second-order valence-electron chi connectivity index (χ2n) is 5.47. The number of nitrogens with one attached hydrogen (secondary N) is 2. The molecule has 0 unspecified atom stereocenters. The molecule has 126 valence electrons. The molecule has 0 saturated carbocycles. The van der Waals surface area contributed by atoms with E-state index in [1.807, 2.05) is 4.90 Å². The second-order valence-corrected chi connectivity index (χ2v) is 5.47. The molecular formula is C16H17F2N5O. The van der Waals surface area contributed by atoms with Crippen molar-refractivity contribution in [3.8, 4) is 0 Å². The number of aromatic nitrogens is 2. The molecule has 0 aliphatic carbocycles. The van der Waals surface area contributed by atoms with Gasteiger partial charge in [0.2, 0.25) is 5.95 Å². The van der Waals surface area contributed by atoms with E-state index in [1.165, 1.54) is 6.07 Å². The number of carbonyl (C=O) groups is 1. The number of hydrogen-bond donors (Lipinski definition) is 2. The molecule has 24 heavy (non-hydrogen) atoms. The van der Waals surface area contributed by atoms with Crippen LogP contribution in [0.1, 0.15) is 12.8 Å². The van der Waals surface area contributed by atoms with Gasteiger partial charge in [0.1, 0.15) is 17.3 Å². The number of rotatable bonds is 4. The van der Waals surface area contributed by atoms with E-state index < -0.39 is 23.4 Å². The first-order chi connectivity index (χ1) is 11.6. The smallest absolute Gasteiger partial charge is 0.319 e. The molecule has 6 nitrogen and oxygen atoms in total. The zero-order valence-electron chi connectivity index (χ0n) is 12.9. The summed E-state index contributed by atoms with van der Waals surface area (Å²) in [6.45, 7) is 1.14. The quantitative estimate of drug-likeness (QED) is 0.902. The van der Waals surface area contributed by atoms with Gasteiger partial charge in [0.15, 0.2) is 0 Å². The lowest BCUT2D eigenvalue weighted by Crippen LogP contribution is -2.42. The monoisotopic (exact) mass is 333 g/mol. The Morgan fingerprint density at radius 3 is 2.62 bits per heavy atom. The van der Waals surface area contributed by atoms with E-state index >= 15 is 0 Å². The molecule has 2 aromatic rings. The minimum absolute atomic E-state index is 0.0450. The van der Waals surface area contributed by atoms with Gasteiger partial charge in [-0.25, -0.2) is 23.5 Å². The van der Waals surface area contributed by atoms with Gasteiger partial charge in [0.05, 0.1) is 0 Å². The van der Waals surface area contributed by atoms with Gasteiger partial charge < -0.3 is 15.5 Å². The summed E-state index contributed by atoms with van der Waals surface area (Å²) in [5.74, 6) is -1.02. The predicted molar refractivity (Wildman–Crippen MR) is 85.8 cm³/mol. The largest absolute Gasteiger partial charge is 0.336 e. The Bertz CT molecular complexity index is 693. The third kappa shape index (κ3) is 3.58. The van der Waals surface area contributed by atoms with Gasteiger partial charge in [-0.1, -0.05) is 6.07 Å². The van der Waals surface area contributed by atoms with Crippen LogP contribution in [0.25, 0.3) is 0 Å². The van der Waals surface area contributed by atoms with E-state index in [9.17, 15) is 13.6 Å². The van der Waals surface area contributed by atoms with Crippen LogP contribution in [0.15, 0.2) is 36.7 Å². The summed E-state index contributed by atoms with van der Waals surface area (Å²) < 4.78 is 27.1. The Hall–Kier alpha value is -2.77. The lowest BCUT2D eigenvalue weighted by molar-refractivity contribution is 0.251. The zero-order chi connectivity index (χ0) is 16.9. The number of anilines is 2. The van der Waals surface area contributed by atoms with Gasteiger partial charge in [0, 0.05) is 31.5 Å². The maximum atomic E-state index is 13.5. The fourth-order valence-electron chi connectivity index (χ4n) is 2.74. The van der Waals surface area contributed by atoms with E-state index in [0.717, 1.165) is 31.5 Å². The SMILES string of the molecule is O=C(NC[C@H]1CCCN1c1ncccn1)Nc1c(F)cccc1F. The number of para-hydroxylation sites is 1. The lowest BCUT2D eigenvalue weighted by atomic mass is 10.2. The fraction of sp³-hybridized carbons (Fsp3) is 0.312. The third-order valence-corrected chi connectivity index (χ3v) is 3.89. The lowest BCUT2D eigenvalue weighted by Gasteiger charge is -2.24. The molecule has 1 aromatic heterocycles. The first kappa shape index (κ1) is 16.1. The van der Waals surface area contributed by atoms with Crippen LogP contribution in [-0.2, 0) is 0 Å². The number of urea groups is 1. The van der Waals surface area contributed by atoms with E-state index in [4.69, 9.17) is 0 Å². The van der Waals surface area contributed by atoms with Crippen LogP contribution in [-0.4, -0.2) is 35.1 Å². The van der Waals surface area contributed by atoms with Crippen LogP contribution in [0, 0.1) is 11.6 Å². The molecule has 8 heteroatoms. The van der Waals surface area contributed by atoms with Crippen molar-refractivity contribution >= 4 is 17.7 Å². The fourth-order valence-corrected chi connectivity index (χ4v) is 2.74. The predicted octanol–water partition coefficient (Wildman–Crippen LogP) is 2.55. The Balaban J connectivity index is 1.58. The Kier molecular flexibility index (Phi) is 4.83. The molecule has 0 radical (unpaired) electrons. The summed E-state index contributed by atoms with van der Waals surface area (Å²) in [6, 6.07) is 4.55. The van der Waals surface area contributed by atoms with Gasteiger partial charge in [0.25, 0.3) is 0 Å². The van der Waals surface area contributed by atoms with E-state index in [0.29, 0.717) is 12.5 Å². The summed E-state index contributed by atoms with van der Waals surface area (Å²) in [6.07, 6.45) is 5.18. The summed E-state index contributed by atoms with van der Waals surface area (Å²) in [5, 5.41) is 4.85. The van der Waals surface area contributed by atoms with Crippen molar-refractivity contribution in [3.63, 3.8) is 0 Å². The van der Waals surface area contributed by atoms with Gasteiger partial charge in [-0.05, 0) is 31.0 Å². The highest BCUT2D eigenvalue weighted by atomic mass is 19.1. The molecule has 0 spiro atoms. The highest BCUT2D eigenvalue weighted by Gasteiger charge is 2.26. The molecule has 3 rings (SSSR count). The Labute approximate surface area is 137 Å². The Morgan fingerprint density at radius 1 is 1.21 bits per heavy atom. The number of halogens is 2. The number of nitrogens with zero attached hydrogens (tertiary/aromatic N) is 3. The minimum atomic E-state index is -0.815. The van der Waals surface area contributed by atoms with Crippen LogP contribution in [0.5, 0.6) is 0 Å². The molecule has 1 fully saturated rings. The first-order valence-electron chi connectivity index (χ1n) is 7.67. The van der Waals surface area contributed by atoms with Crippen LogP contribution in [0.3, 0.4) is 0 Å². The summed E-state index contributed by atoms with van der Waals surface area (Å²) in [4.78, 5) is 22.4. The number of benzene rings is 1. The molecule has 2 N–H and O–H groups in total. The number of carbonyl (C=O) groups excluding carboxylic acids is 1. The maximum absolute atomic E-state index is 13.5. The van der Waals surface area contributed by atoms with E-state index in [2.05, 4.69) is 20.6 Å².